The molecule has 0 aliphatic heterocycles. The fourth-order valence-electron chi connectivity index (χ4n) is 1.38. The Morgan fingerprint density at radius 3 is 2.47 bits per heavy atom. The van der Waals surface area contributed by atoms with Crippen molar-refractivity contribution in [3.05, 3.63) is 29.3 Å². The average molecular weight is 270 g/mol. The molecule has 5 heteroatoms. The first-order valence-corrected chi connectivity index (χ1v) is 6.18. The molecule has 1 aromatic rings. The van der Waals surface area contributed by atoms with E-state index in [2.05, 4.69) is 5.32 Å². The van der Waals surface area contributed by atoms with Crippen molar-refractivity contribution in [3.63, 3.8) is 0 Å². The first kappa shape index (κ1) is 15.4. The second-order valence-corrected chi connectivity index (χ2v) is 5.65. The lowest BCUT2D eigenvalue weighted by atomic mass is 9.81. The molecule has 0 atom stereocenters. The van der Waals surface area contributed by atoms with Crippen molar-refractivity contribution < 1.29 is 13.6 Å². The lowest BCUT2D eigenvalue weighted by Crippen LogP contribution is -2.37. The third-order valence-electron chi connectivity index (χ3n) is 3.62. The fraction of sp³-hybridized carbons (Fsp3) is 0.500. The van der Waals surface area contributed by atoms with Gasteiger partial charge in [-0.3, -0.25) is 4.79 Å². The number of benzene rings is 1. The summed E-state index contributed by atoms with van der Waals surface area (Å²) in [4.78, 5) is 11.9. The monoisotopic (exact) mass is 270 g/mol. The molecule has 0 aliphatic rings. The van der Waals surface area contributed by atoms with Crippen LogP contribution >= 0.6 is 0 Å². The Morgan fingerprint density at radius 2 is 1.95 bits per heavy atom. The summed E-state index contributed by atoms with van der Waals surface area (Å²) < 4.78 is 27.2. The smallest absolute Gasteiger partial charge is 0.257 e. The molecule has 0 radical (unpaired) electrons. The number of carbonyl (C=O) groups excluding carboxylic acids is 1. The first-order valence-electron chi connectivity index (χ1n) is 6.18. The number of carbonyl (C=O) groups is 1. The van der Waals surface area contributed by atoms with Crippen LogP contribution in [-0.4, -0.2) is 12.5 Å². The van der Waals surface area contributed by atoms with Crippen molar-refractivity contribution in [2.75, 3.05) is 12.3 Å². The molecule has 0 aromatic heterocycles. The summed E-state index contributed by atoms with van der Waals surface area (Å²) in [6, 6.07) is 2.08. The van der Waals surface area contributed by atoms with E-state index in [-0.39, 0.29) is 11.1 Å². The zero-order chi connectivity index (χ0) is 14.8. The van der Waals surface area contributed by atoms with Crippen LogP contribution in [0, 0.1) is 23.0 Å². The molecule has 0 saturated heterocycles. The third kappa shape index (κ3) is 3.43. The summed E-state index contributed by atoms with van der Waals surface area (Å²) in [5.74, 6) is -2.38. The van der Waals surface area contributed by atoms with E-state index < -0.39 is 23.1 Å². The maximum atomic E-state index is 13.7. The van der Waals surface area contributed by atoms with Gasteiger partial charge in [0.15, 0.2) is 5.82 Å². The van der Waals surface area contributed by atoms with E-state index >= 15 is 0 Å². The predicted octanol–water partition coefficient (Wildman–Crippen LogP) is 2.96. The van der Waals surface area contributed by atoms with Crippen LogP contribution in [0.2, 0.25) is 0 Å². The highest BCUT2D eigenvalue weighted by atomic mass is 19.1. The minimum Gasteiger partial charge on any atom is -0.396 e. The van der Waals surface area contributed by atoms with Crippen molar-refractivity contribution in [2.45, 2.75) is 27.7 Å². The van der Waals surface area contributed by atoms with Gasteiger partial charge in [-0.2, -0.15) is 0 Å². The average Bonchev–Trinajstić information content (AvgIpc) is 2.32. The van der Waals surface area contributed by atoms with Crippen LogP contribution in [-0.2, 0) is 0 Å². The maximum absolute atomic E-state index is 13.7. The summed E-state index contributed by atoms with van der Waals surface area (Å²) in [5.41, 5.74) is 4.31. The Balaban J connectivity index is 2.89. The molecular formula is C14H20F2N2O. The van der Waals surface area contributed by atoms with Crippen LogP contribution in [0.15, 0.2) is 12.1 Å². The quantitative estimate of drug-likeness (QED) is 0.826. The second kappa shape index (κ2) is 5.55. The molecular weight excluding hydrogens is 250 g/mol. The maximum Gasteiger partial charge on any atom is 0.257 e. The van der Waals surface area contributed by atoms with Gasteiger partial charge in [0.1, 0.15) is 11.4 Å². The SMILES string of the molecule is CC(C)C(C)(C)CNC(=O)c1c(F)ccc(N)c1F. The molecule has 0 bridgehead atoms. The van der Waals surface area contributed by atoms with Crippen molar-refractivity contribution in [2.24, 2.45) is 11.3 Å². The third-order valence-corrected chi connectivity index (χ3v) is 3.62. The minimum atomic E-state index is -1.01. The Bertz CT molecular complexity index is 485. The molecule has 3 N–H and O–H groups in total. The molecule has 106 valence electrons. The highest BCUT2D eigenvalue weighted by Crippen LogP contribution is 2.25. The molecule has 0 fully saturated rings. The van der Waals surface area contributed by atoms with Crippen LogP contribution in [0.5, 0.6) is 0 Å². The highest BCUT2D eigenvalue weighted by Gasteiger charge is 2.25. The Morgan fingerprint density at radius 1 is 1.37 bits per heavy atom. The van der Waals surface area contributed by atoms with Crippen molar-refractivity contribution in [1.82, 2.24) is 5.32 Å². The summed E-state index contributed by atoms with van der Waals surface area (Å²) >= 11 is 0. The Hall–Kier alpha value is -1.65. The van der Waals surface area contributed by atoms with Gasteiger partial charge in [0.2, 0.25) is 0 Å². The van der Waals surface area contributed by atoms with Crippen molar-refractivity contribution in [1.29, 1.82) is 0 Å². The second-order valence-electron chi connectivity index (χ2n) is 5.65. The molecule has 1 aromatic carbocycles. The molecule has 3 nitrogen and oxygen atoms in total. The number of halogens is 2. The largest absolute Gasteiger partial charge is 0.396 e. The molecule has 0 heterocycles. The van der Waals surface area contributed by atoms with E-state index in [1.54, 1.807) is 0 Å². The summed E-state index contributed by atoms with van der Waals surface area (Å²) in [5, 5.41) is 2.55. The van der Waals surface area contributed by atoms with Crippen LogP contribution in [0.25, 0.3) is 0 Å². The molecule has 0 spiro atoms. The van der Waals surface area contributed by atoms with E-state index in [1.807, 2.05) is 27.7 Å². The highest BCUT2D eigenvalue weighted by molar-refractivity contribution is 5.95. The van der Waals surface area contributed by atoms with Gasteiger partial charge in [0.05, 0.1) is 5.69 Å². The standard InChI is InChI=1S/C14H20F2N2O/c1-8(2)14(3,4)7-18-13(19)11-9(15)5-6-10(17)12(11)16/h5-6,8H,7,17H2,1-4H3,(H,18,19). The number of amides is 1. The molecule has 0 unspecified atom stereocenters. The van der Waals surface area contributed by atoms with E-state index in [4.69, 9.17) is 5.73 Å². The topological polar surface area (TPSA) is 55.1 Å². The molecule has 1 amide bonds. The minimum absolute atomic E-state index is 0.164. The van der Waals surface area contributed by atoms with Crippen LogP contribution in [0.4, 0.5) is 14.5 Å². The lowest BCUT2D eigenvalue weighted by Gasteiger charge is -2.29. The number of nitrogen functional groups attached to an aromatic ring is 1. The fourth-order valence-corrected chi connectivity index (χ4v) is 1.38. The predicted molar refractivity (Wildman–Crippen MR) is 71.7 cm³/mol. The summed E-state index contributed by atoms with van der Waals surface area (Å²) in [7, 11) is 0. The molecule has 1 rings (SSSR count). The van der Waals surface area contributed by atoms with Gasteiger partial charge in [0, 0.05) is 6.54 Å². The zero-order valence-corrected chi connectivity index (χ0v) is 11.7. The Labute approximate surface area is 112 Å². The van der Waals surface area contributed by atoms with Crippen LogP contribution in [0.1, 0.15) is 38.1 Å². The summed E-state index contributed by atoms with van der Waals surface area (Å²) in [6.07, 6.45) is 0. The van der Waals surface area contributed by atoms with Gasteiger partial charge in [-0.15, -0.1) is 0 Å². The van der Waals surface area contributed by atoms with Gasteiger partial charge >= 0.3 is 0 Å². The zero-order valence-electron chi connectivity index (χ0n) is 11.7. The van der Waals surface area contributed by atoms with Crippen LogP contribution < -0.4 is 11.1 Å². The number of nitrogens with two attached hydrogens (primary N) is 1. The van der Waals surface area contributed by atoms with Gasteiger partial charge in [0.25, 0.3) is 5.91 Å². The van der Waals surface area contributed by atoms with E-state index in [0.29, 0.717) is 12.5 Å². The van der Waals surface area contributed by atoms with Gasteiger partial charge in [-0.25, -0.2) is 8.78 Å². The normalized spacial score (nSPS) is 11.7. The first-order chi connectivity index (χ1) is 8.66. The number of nitrogens with one attached hydrogen (secondary N) is 1. The van der Waals surface area contributed by atoms with Gasteiger partial charge in [-0.05, 0) is 23.5 Å². The molecule has 19 heavy (non-hydrogen) atoms. The van der Waals surface area contributed by atoms with E-state index in [9.17, 15) is 13.6 Å². The number of anilines is 1. The number of rotatable bonds is 4. The molecule has 0 saturated carbocycles. The lowest BCUT2D eigenvalue weighted by molar-refractivity contribution is 0.0916. The van der Waals surface area contributed by atoms with E-state index in [0.717, 1.165) is 12.1 Å². The van der Waals surface area contributed by atoms with Crippen molar-refractivity contribution >= 4 is 11.6 Å². The number of hydrogen-bond acceptors (Lipinski definition) is 2. The van der Waals surface area contributed by atoms with Gasteiger partial charge < -0.3 is 11.1 Å². The van der Waals surface area contributed by atoms with Crippen molar-refractivity contribution in [3.8, 4) is 0 Å². The molecule has 0 aliphatic carbocycles. The Kier molecular flexibility index (Phi) is 4.50. The van der Waals surface area contributed by atoms with Crippen LogP contribution in [0.3, 0.4) is 0 Å². The van der Waals surface area contributed by atoms with E-state index in [1.165, 1.54) is 0 Å². The van der Waals surface area contributed by atoms with Gasteiger partial charge in [-0.1, -0.05) is 27.7 Å². The number of hydrogen-bond donors (Lipinski definition) is 2. The summed E-state index contributed by atoms with van der Waals surface area (Å²) in [6.45, 7) is 8.33.